The van der Waals surface area contributed by atoms with Gasteiger partial charge in [0.05, 0.1) is 6.61 Å². The molecule has 0 bridgehead atoms. The van der Waals surface area contributed by atoms with Crippen LogP contribution in [-0.2, 0) is 11.3 Å². The van der Waals surface area contributed by atoms with Crippen LogP contribution in [0, 0.1) is 0 Å². The van der Waals surface area contributed by atoms with Crippen LogP contribution >= 0.6 is 0 Å². The number of ether oxygens (including phenoxy) is 1. The van der Waals surface area contributed by atoms with E-state index in [4.69, 9.17) is 4.74 Å². The number of nitrogens with zero attached hydrogens (tertiary/aromatic N) is 1. The van der Waals surface area contributed by atoms with Gasteiger partial charge in [0.2, 0.25) is 0 Å². The van der Waals surface area contributed by atoms with Gasteiger partial charge in [-0.2, -0.15) is 0 Å². The van der Waals surface area contributed by atoms with E-state index in [0.29, 0.717) is 0 Å². The van der Waals surface area contributed by atoms with E-state index >= 15 is 0 Å². The van der Waals surface area contributed by atoms with Crippen LogP contribution < -0.4 is 10.2 Å². The molecule has 0 saturated heterocycles. The summed E-state index contributed by atoms with van der Waals surface area (Å²) in [7, 11) is 1.74. The number of rotatable bonds is 12. The summed E-state index contributed by atoms with van der Waals surface area (Å²) in [4.78, 5) is 2.56. The Morgan fingerprint density at radius 1 is 1.05 bits per heavy atom. The van der Waals surface area contributed by atoms with Gasteiger partial charge in [0.1, 0.15) is 0 Å². The van der Waals surface area contributed by atoms with Crippen molar-refractivity contribution < 1.29 is 4.74 Å². The Morgan fingerprint density at radius 3 is 2.33 bits per heavy atom. The predicted octanol–water partition coefficient (Wildman–Crippen LogP) is 3.83. The fraction of sp³-hybridized carbons (Fsp3) is 0.667. The van der Waals surface area contributed by atoms with Crippen LogP contribution in [0.25, 0.3) is 0 Å². The molecule has 3 heteroatoms. The molecule has 120 valence electrons. The third kappa shape index (κ3) is 6.96. The normalized spacial score (nSPS) is 10.8. The van der Waals surface area contributed by atoms with Crippen molar-refractivity contribution in [1.82, 2.24) is 5.32 Å². The molecule has 3 nitrogen and oxygen atoms in total. The zero-order chi connectivity index (χ0) is 15.3. The first-order chi connectivity index (χ1) is 10.3. The average molecular weight is 292 g/mol. The molecule has 1 N–H and O–H groups in total. The molecular formula is C18H32N2O. The maximum Gasteiger partial charge on any atom is 0.0587 e. The van der Waals surface area contributed by atoms with Crippen molar-refractivity contribution in [1.29, 1.82) is 0 Å². The molecule has 0 aliphatic rings. The first-order valence-corrected chi connectivity index (χ1v) is 8.36. The Morgan fingerprint density at radius 2 is 1.71 bits per heavy atom. The maximum absolute atomic E-state index is 5.09. The minimum atomic E-state index is 0.761. The highest BCUT2D eigenvalue weighted by Gasteiger charge is 2.09. The van der Waals surface area contributed by atoms with Gasteiger partial charge >= 0.3 is 0 Å². The van der Waals surface area contributed by atoms with Gasteiger partial charge in [-0.15, -0.1) is 0 Å². The quantitative estimate of drug-likeness (QED) is 0.593. The number of hydrogen-bond acceptors (Lipinski definition) is 3. The molecule has 0 saturated carbocycles. The van der Waals surface area contributed by atoms with Crippen molar-refractivity contribution in [2.45, 2.75) is 46.1 Å². The summed E-state index contributed by atoms with van der Waals surface area (Å²) in [6.45, 7) is 9.41. The Kier molecular flexibility index (Phi) is 9.92. The number of hydrogen-bond donors (Lipinski definition) is 1. The van der Waals surface area contributed by atoms with Crippen molar-refractivity contribution in [2.75, 3.05) is 38.3 Å². The van der Waals surface area contributed by atoms with E-state index < -0.39 is 0 Å². The van der Waals surface area contributed by atoms with Crippen molar-refractivity contribution in [3.8, 4) is 0 Å². The predicted molar refractivity (Wildman–Crippen MR) is 92.1 cm³/mol. The minimum Gasteiger partial charge on any atom is -0.383 e. The van der Waals surface area contributed by atoms with Gasteiger partial charge in [-0.05, 0) is 24.5 Å². The van der Waals surface area contributed by atoms with Crippen LogP contribution in [0.3, 0.4) is 0 Å². The van der Waals surface area contributed by atoms with E-state index in [1.165, 1.54) is 36.9 Å². The second-order valence-electron chi connectivity index (χ2n) is 5.49. The number of nitrogens with one attached hydrogen (secondary N) is 1. The van der Waals surface area contributed by atoms with Gasteiger partial charge in [-0.25, -0.2) is 0 Å². The van der Waals surface area contributed by atoms with Crippen LogP contribution in [0.2, 0.25) is 0 Å². The Bertz CT molecular complexity index is 360. The molecule has 0 aromatic heterocycles. The van der Waals surface area contributed by atoms with Gasteiger partial charge in [0, 0.05) is 39.0 Å². The number of unbranched alkanes of at least 4 members (excludes halogenated alkanes) is 2. The molecule has 0 unspecified atom stereocenters. The number of benzene rings is 1. The molecule has 0 radical (unpaired) electrons. The molecule has 21 heavy (non-hydrogen) atoms. The average Bonchev–Trinajstić information content (AvgIpc) is 2.52. The molecule has 0 spiro atoms. The SMILES string of the molecule is CCCCN(CCCC)c1ccccc1CNCCOC. The molecule has 0 aliphatic heterocycles. The van der Waals surface area contributed by atoms with Gasteiger partial charge in [-0.1, -0.05) is 44.9 Å². The fourth-order valence-corrected chi connectivity index (χ4v) is 2.42. The van der Waals surface area contributed by atoms with E-state index in [9.17, 15) is 0 Å². The van der Waals surface area contributed by atoms with Crippen molar-refractivity contribution >= 4 is 5.69 Å². The summed E-state index contributed by atoms with van der Waals surface area (Å²) in [5.74, 6) is 0. The Labute approximate surface area is 130 Å². The summed E-state index contributed by atoms with van der Waals surface area (Å²) < 4.78 is 5.09. The third-order valence-electron chi connectivity index (χ3n) is 3.69. The lowest BCUT2D eigenvalue weighted by Gasteiger charge is -2.27. The summed E-state index contributed by atoms with van der Waals surface area (Å²) in [6.07, 6.45) is 5.01. The highest BCUT2D eigenvalue weighted by atomic mass is 16.5. The second-order valence-corrected chi connectivity index (χ2v) is 5.49. The lowest BCUT2D eigenvalue weighted by molar-refractivity contribution is 0.199. The molecule has 0 amide bonds. The van der Waals surface area contributed by atoms with Gasteiger partial charge in [0.15, 0.2) is 0 Å². The number of anilines is 1. The molecule has 1 aromatic rings. The van der Waals surface area contributed by atoms with E-state index in [1.54, 1.807) is 7.11 Å². The maximum atomic E-state index is 5.09. The third-order valence-corrected chi connectivity index (χ3v) is 3.69. The zero-order valence-electron chi connectivity index (χ0n) is 14.0. The molecule has 0 fully saturated rings. The molecule has 0 atom stereocenters. The standard InChI is InChI=1S/C18H32N2O/c1-4-6-13-20(14-7-5-2)18-11-9-8-10-17(18)16-19-12-15-21-3/h8-11,19H,4-7,12-16H2,1-3H3. The van der Waals surface area contributed by atoms with E-state index in [1.807, 2.05) is 0 Å². The fourth-order valence-electron chi connectivity index (χ4n) is 2.42. The molecule has 1 rings (SSSR count). The van der Waals surface area contributed by atoms with Crippen LogP contribution in [0.15, 0.2) is 24.3 Å². The van der Waals surface area contributed by atoms with Crippen LogP contribution in [-0.4, -0.2) is 33.4 Å². The van der Waals surface area contributed by atoms with Crippen molar-refractivity contribution in [2.24, 2.45) is 0 Å². The van der Waals surface area contributed by atoms with Crippen LogP contribution in [0.5, 0.6) is 0 Å². The summed E-state index contributed by atoms with van der Waals surface area (Å²) >= 11 is 0. The van der Waals surface area contributed by atoms with Crippen LogP contribution in [0.1, 0.15) is 45.1 Å². The highest BCUT2D eigenvalue weighted by molar-refractivity contribution is 5.53. The van der Waals surface area contributed by atoms with Crippen molar-refractivity contribution in [3.05, 3.63) is 29.8 Å². The van der Waals surface area contributed by atoms with Gasteiger partial charge in [-0.3, -0.25) is 0 Å². The Hall–Kier alpha value is -1.06. The van der Waals surface area contributed by atoms with E-state index in [0.717, 1.165) is 32.8 Å². The largest absolute Gasteiger partial charge is 0.383 e. The zero-order valence-corrected chi connectivity index (χ0v) is 14.0. The van der Waals surface area contributed by atoms with Gasteiger partial charge < -0.3 is 15.0 Å². The summed E-state index contributed by atoms with van der Waals surface area (Å²) in [5, 5.41) is 3.46. The van der Waals surface area contributed by atoms with Crippen molar-refractivity contribution in [3.63, 3.8) is 0 Å². The monoisotopic (exact) mass is 292 g/mol. The Balaban J connectivity index is 2.70. The second kappa shape index (κ2) is 11.6. The number of para-hydroxylation sites is 1. The van der Waals surface area contributed by atoms with Gasteiger partial charge in [0.25, 0.3) is 0 Å². The molecule has 0 heterocycles. The van der Waals surface area contributed by atoms with Crippen LogP contribution in [0.4, 0.5) is 5.69 Å². The molecule has 1 aromatic carbocycles. The van der Waals surface area contributed by atoms with E-state index in [2.05, 4.69) is 48.3 Å². The lowest BCUT2D eigenvalue weighted by Crippen LogP contribution is -2.28. The number of methoxy groups -OCH3 is 1. The first kappa shape index (κ1) is 18.0. The molecule has 0 aliphatic carbocycles. The summed E-state index contributed by atoms with van der Waals surface area (Å²) in [6, 6.07) is 8.78. The lowest BCUT2D eigenvalue weighted by atomic mass is 10.1. The highest BCUT2D eigenvalue weighted by Crippen LogP contribution is 2.21. The topological polar surface area (TPSA) is 24.5 Å². The molecular weight excluding hydrogens is 260 g/mol. The van der Waals surface area contributed by atoms with E-state index in [-0.39, 0.29) is 0 Å². The summed E-state index contributed by atoms with van der Waals surface area (Å²) in [5.41, 5.74) is 2.78. The first-order valence-electron chi connectivity index (χ1n) is 8.36. The smallest absolute Gasteiger partial charge is 0.0587 e. The minimum absolute atomic E-state index is 0.761.